The molecule has 0 aliphatic heterocycles. The summed E-state index contributed by atoms with van der Waals surface area (Å²) in [6.07, 6.45) is 1.72. The molecule has 0 aliphatic rings. The molecular formula is C16H16N6OS. The largest absolute Gasteiger partial charge is 0.383 e. The first-order valence-electron chi connectivity index (χ1n) is 7.24. The summed E-state index contributed by atoms with van der Waals surface area (Å²) in [7, 11) is 0. The summed E-state index contributed by atoms with van der Waals surface area (Å²) >= 11 is 1.19. The van der Waals surface area contributed by atoms with Gasteiger partial charge in [0, 0.05) is 17.6 Å². The molecule has 1 atom stereocenters. The van der Waals surface area contributed by atoms with E-state index in [2.05, 4.69) is 20.3 Å². The van der Waals surface area contributed by atoms with E-state index in [0.717, 1.165) is 10.9 Å². The molecule has 3 rings (SSSR count). The summed E-state index contributed by atoms with van der Waals surface area (Å²) in [5, 5.41) is 3.75. The Kier molecular flexibility index (Phi) is 4.48. The number of nitrogens with one attached hydrogen (secondary N) is 1. The van der Waals surface area contributed by atoms with Crippen LogP contribution in [0.15, 0.2) is 47.8 Å². The Bertz CT molecular complexity index is 875. The lowest BCUT2D eigenvalue weighted by molar-refractivity contribution is -0.115. The van der Waals surface area contributed by atoms with Gasteiger partial charge in [0.2, 0.25) is 5.91 Å². The maximum absolute atomic E-state index is 12.5. The van der Waals surface area contributed by atoms with Crippen molar-refractivity contribution >= 4 is 45.9 Å². The molecule has 2 heterocycles. The highest BCUT2D eigenvalue weighted by atomic mass is 32.2. The number of pyridine rings is 1. The van der Waals surface area contributed by atoms with Gasteiger partial charge in [-0.1, -0.05) is 17.8 Å². The van der Waals surface area contributed by atoms with Crippen LogP contribution in [0.5, 0.6) is 0 Å². The van der Waals surface area contributed by atoms with E-state index < -0.39 is 5.25 Å². The first kappa shape index (κ1) is 16.0. The molecule has 0 saturated heterocycles. The number of hydrogen-bond donors (Lipinski definition) is 3. The lowest BCUT2D eigenvalue weighted by Gasteiger charge is -2.13. The SMILES string of the molecule is CC(Sc1nc(N)cc(N)n1)C(=O)Nc1cccc2ncccc12. The summed E-state index contributed by atoms with van der Waals surface area (Å²) in [5.41, 5.74) is 12.8. The van der Waals surface area contributed by atoms with Gasteiger partial charge in [-0.2, -0.15) is 0 Å². The number of fused-ring (bicyclic) bond motifs is 1. The maximum atomic E-state index is 12.5. The van der Waals surface area contributed by atoms with Crippen molar-refractivity contribution in [1.29, 1.82) is 0 Å². The van der Waals surface area contributed by atoms with Crippen molar-refractivity contribution in [2.45, 2.75) is 17.3 Å². The van der Waals surface area contributed by atoms with E-state index in [1.807, 2.05) is 30.3 Å². The molecule has 0 fully saturated rings. The summed E-state index contributed by atoms with van der Waals surface area (Å²) in [4.78, 5) is 24.9. The average Bonchev–Trinajstić information content (AvgIpc) is 2.54. The predicted octanol–water partition coefficient (Wildman–Crippen LogP) is 2.31. The van der Waals surface area contributed by atoms with Crippen LogP contribution in [0.4, 0.5) is 17.3 Å². The van der Waals surface area contributed by atoms with Crippen LogP contribution in [-0.2, 0) is 4.79 Å². The fraction of sp³-hybridized carbons (Fsp3) is 0.125. The van der Waals surface area contributed by atoms with E-state index >= 15 is 0 Å². The molecule has 1 unspecified atom stereocenters. The summed E-state index contributed by atoms with van der Waals surface area (Å²) in [6, 6.07) is 10.8. The third-order valence-electron chi connectivity index (χ3n) is 3.30. The number of carbonyl (C=O) groups is 1. The zero-order valence-electron chi connectivity index (χ0n) is 12.9. The second kappa shape index (κ2) is 6.71. The first-order valence-corrected chi connectivity index (χ1v) is 8.12. The van der Waals surface area contributed by atoms with Gasteiger partial charge in [-0.25, -0.2) is 9.97 Å². The highest BCUT2D eigenvalue weighted by Crippen LogP contribution is 2.25. The summed E-state index contributed by atoms with van der Waals surface area (Å²) in [6.45, 7) is 1.77. The van der Waals surface area contributed by atoms with E-state index in [9.17, 15) is 4.79 Å². The van der Waals surface area contributed by atoms with Crippen LogP contribution in [-0.4, -0.2) is 26.1 Å². The van der Waals surface area contributed by atoms with Crippen molar-refractivity contribution in [3.05, 3.63) is 42.6 Å². The van der Waals surface area contributed by atoms with E-state index in [1.54, 1.807) is 13.1 Å². The number of amides is 1. The van der Waals surface area contributed by atoms with Crippen LogP contribution in [0, 0.1) is 0 Å². The molecule has 1 aromatic carbocycles. The topological polar surface area (TPSA) is 120 Å². The molecule has 0 radical (unpaired) electrons. The van der Waals surface area contributed by atoms with Gasteiger partial charge in [0.05, 0.1) is 16.5 Å². The summed E-state index contributed by atoms with van der Waals surface area (Å²) < 4.78 is 0. The molecule has 2 aromatic heterocycles. The first-order chi connectivity index (χ1) is 11.5. The van der Waals surface area contributed by atoms with Crippen molar-refractivity contribution in [1.82, 2.24) is 15.0 Å². The number of hydrogen-bond acceptors (Lipinski definition) is 7. The van der Waals surface area contributed by atoms with Crippen molar-refractivity contribution in [3.8, 4) is 0 Å². The van der Waals surface area contributed by atoms with E-state index in [0.29, 0.717) is 10.8 Å². The zero-order chi connectivity index (χ0) is 17.1. The molecule has 8 heteroatoms. The third-order valence-corrected chi connectivity index (χ3v) is 4.26. The quantitative estimate of drug-likeness (QED) is 0.492. The Morgan fingerprint density at radius 3 is 2.67 bits per heavy atom. The fourth-order valence-electron chi connectivity index (χ4n) is 2.17. The van der Waals surface area contributed by atoms with Crippen molar-refractivity contribution in [2.24, 2.45) is 0 Å². The molecule has 122 valence electrons. The Balaban J connectivity index is 1.76. The number of carbonyl (C=O) groups excluding carboxylic acids is 1. The van der Waals surface area contributed by atoms with Gasteiger partial charge in [0.25, 0.3) is 0 Å². The monoisotopic (exact) mass is 340 g/mol. The molecule has 0 spiro atoms. The number of benzene rings is 1. The second-order valence-electron chi connectivity index (χ2n) is 5.13. The molecule has 7 nitrogen and oxygen atoms in total. The fourth-order valence-corrected chi connectivity index (χ4v) is 2.97. The Labute approximate surface area is 142 Å². The van der Waals surface area contributed by atoms with Crippen LogP contribution in [0.1, 0.15) is 6.92 Å². The number of anilines is 3. The van der Waals surface area contributed by atoms with Gasteiger partial charge in [0.15, 0.2) is 5.16 Å². The Morgan fingerprint density at radius 2 is 1.92 bits per heavy atom. The van der Waals surface area contributed by atoms with E-state index in [4.69, 9.17) is 11.5 Å². The smallest absolute Gasteiger partial charge is 0.237 e. The Morgan fingerprint density at radius 1 is 1.17 bits per heavy atom. The van der Waals surface area contributed by atoms with Crippen molar-refractivity contribution in [3.63, 3.8) is 0 Å². The minimum Gasteiger partial charge on any atom is -0.383 e. The van der Waals surface area contributed by atoms with Gasteiger partial charge < -0.3 is 16.8 Å². The number of nitrogens with two attached hydrogens (primary N) is 2. The van der Waals surface area contributed by atoms with Gasteiger partial charge >= 0.3 is 0 Å². The third kappa shape index (κ3) is 3.54. The molecule has 24 heavy (non-hydrogen) atoms. The minimum absolute atomic E-state index is 0.166. The normalized spacial score (nSPS) is 12.0. The van der Waals surface area contributed by atoms with Crippen LogP contribution in [0.25, 0.3) is 10.9 Å². The summed E-state index contributed by atoms with van der Waals surface area (Å²) in [5.74, 6) is 0.386. The number of thioether (sulfide) groups is 1. The lowest BCUT2D eigenvalue weighted by Crippen LogP contribution is -2.23. The second-order valence-corrected chi connectivity index (χ2v) is 6.43. The van der Waals surface area contributed by atoms with Crippen LogP contribution < -0.4 is 16.8 Å². The van der Waals surface area contributed by atoms with Crippen LogP contribution in [0.2, 0.25) is 0 Å². The van der Waals surface area contributed by atoms with Gasteiger partial charge in [0.1, 0.15) is 11.6 Å². The number of aromatic nitrogens is 3. The minimum atomic E-state index is -0.418. The van der Waals surface area contributed by atoms with Gasteiger partial charge in [-0.3, -0.25) is 9.78 Å². The Hall–Kier alpha value is -2.87. The molecular weight excluding hydrogens is 324 g/mol. The lowest BCUT2D eigenvalue weighted by atomic mass is 10.2. The maximum Gasteiger partial charge on any atom is 0.237 e. The average molecular weight is 340 g/mol. The number of nitrogen functional groups attached to an aromatic ring is 2. The highest BCUT2D eigenvalue weighted by molar-refractivity contribution is 8.00. The van der Waals surface area contributed by atoms with Crippen LogP contribution >= 0.6 is 11.8 Å². The predicted molar refractivity (Wildman–Crippen MR) is 96.5 cm³/mol. The van der Waals surface area contributed by atoms with E-state index in [1.165, 1.54) is 17.8 Å². The molecule has 5 N–H and O–H groups in total. The molecule has 0 bridgehead atoms. The van der Waals surface area contributed by atoms with Crippen molar-refractivity contribution < 1.29 is 4.79 Å². The zero-order valence-corrected chi connectivity index (χ0v) is 13.7. The standard InChI is InChI=1S/C16H16N6OS/c1-9(24-16-21-13(17)8-14(18)22-16)15(23)20-12-6-2-5-11-10(12)4-3-7-19-11/h2-9H,1H3,(H,20,23)(H4,17,18,21,22). The van der Waals surface area contributed by atoms with E-state index in [-0.39, 0.29) is 17.5 Å². The molecule has 0 saturated carbocycles. The van der Waals surface area contributed by atoms with Gasteiger partial charge in [-0.05, 0) is 31.2 Å². The number of nitrogens with zero attached hydrogens (tertiary/aromatic N) is 3. The van der Waals surface area contributed by atoms with Crippen molar-refractivity contribution in [2.75, 3.05) is 16.8 Å². The van der Waals surface area contributed by atoms with Gasteiger partial charge in [-0.15, -0.1) is 0 Å². The molecule has 3 aromatic rings. The highest BCUT2D eigenvalue weighted by Gasteiger charge is 2.17. The number of rotatable bonds is 4. The molecule has 1 amide bonds. The molecule has 0 aliphatic carbocycles. The van der Waals surface area contributed by atoms with Crippen LogP contribution in [0.3, 0.4) is 0 Å².